The molecule has 104 valence electrons. The van der Waals surface area contributed by atoms with E-state index < -0.39 is 18.0 Å². The number of carboxylic acid groups (broad SMARTS) is 1. The Bertz CT molecular complexity index is 408. The van der Waals surface area contributed by atoms with Gasteiger partial charge in [-0.2, -0.15) is 0 Å². The predicted octanol–water partition coefficient (Wildman–Crippen LogP) is 1.23. The molecule has 3 N–H and O–H groups in total. The molecule has 0 saturated carbocycles. The highest BCUT2D eigenvalue weighted by Crippen LogP contribution is 2.07. The summed E-state index contributed by atoms with van der Waals surface area (Å²) in [6, 6.07) is 7.85. The van der Waals surface area contributed by atoms with E-state index in [0.29, 0.717) is 19.6 Å². The van der Waals surface area contributed by atoms with E-state index in [-0.39, 0.29) is 0 Å². The SMILES string of the molecule is CCC(NC(=O)NCCOc1ccccc1)C(=O)O. The van der Waals surface area contributed by atoms with Crippen molar-refractivity contribution in [3.8, 4) is 5.75 Å². The van der Waals surface area contributed by atoms with E-state index in [0.717, 1.165) is 5.75 Å². The van der Waals surface area contributed by atoms with Gasteiger partial charge in [0.1, 0.15) is 18.4 Å². The number of urea groups is 1. The van der Waals surface area contributed by atoms with Crippen molar-refractivity contribution in [2.24, 2.45) is 0 Å². The number of para-hydroxylation sites is 1. The van der Waals surface area contributed by atoms with Crippen molar-refractivity contribution < 1.29 is 19.4 Å². The van der Waals surface area contributed by atoms with Crippen LogP contribution in [-0.2, 0) is 4.79 Å². The molecular formula is C13H18N2O4. The first-order valence-electron chi connectivity index (χ1n) is 6.08. The van der Waals surface area contributed by atoms with Gasteiger partial charge in [0, 0.05) is 0 Å². The number of hydrogen-bond acceptors (Lipinski definition) is 3. The van der Waals surface area contributed by atoms with Crippen molar-refractivity contribution in [2.45, 2.75) is 19.4 Å². The monoisotopic (exact) mass is 266 g/mol. The minimum atomic E-state index is -1.04. The number of carboxylic acids is 1. The lowest BCUT2D eigenvalue weighted by molar-refractivity contribution is -0.139. The molecule has 0 saturated heterocycles. The fraction of sp³-hybridized carbons (Fsp3) is 0.385. The fourth-order valence-corrected chi connectivity index (χ4v) is 1.40. The van der Waals surface area contributed by atoms with Gasteiger partial charge in [-0.3, -0.25) is 0 Å². The number of aliphatic carboxylic acids is 1. The van der Waals surface area contributed by atoms with E-state index in [1.165, 1.54) is 0 Å². The topological polar surface area (TPSA) is 87.7 Å². The lowest BCUT2D eigenvalue weighted by Crippen LogP contribution is -2.46. The molecule has 6 heteroatoms. The van der Waals surface area contributed by atoms with Crippen LogP contribution in [-0.4, -0.2) is 36.3 Å². The van der Waals surface area contributed by atoms with Crippen LogP contribution in [0.25, 0.3) is 0 Å². The summed E-state index contributed by atoms with van der Waals surface area (Å²) in [5.74, 6) is -0.320. The molecule has 1 aromatic rings. The zero-order valence-corrected chi connectivity index (χ0v) is 10.8. The van der Waals surface area contributed by atoms with E-state index in [1.807, 2.05) is 30.3 Å². The molecule has 0 aliphatic heterocycles. The van der Waals surface area contributed by atoms with E-state index in [9.17, 15) is 9.59 Å². The molecule has 0 spiro atoms. The van der Waals surface area contributed by atoms with Gasteiger partial charge in [-0.1, -0.05) is 25.1 Å². The van der Waals surface area contributed by atoms with Crippen molar-refractivity contribution in [3.05, 3.63) is 30.3 Å². The number of carbonyl (C=O) groups is 2. The molecular weight excluding hydrogens is 248 g/mol. The maximum Gasteiger partial charge on any atom is 0.326 e. The van der Waals surface area contributed by atoms with Gasteiger partial charge in [0.25, 0.3) is 0 Å². The molecule has 0 bridgehead atoms. The molecule has 0 fully saturated rings. The average Bonchev–Trinajstić information content (AvgIpc) is 2.42. The van der Waals surface area contributed by atoms with Gasteiger partial charge < -0.3 is 20.5 Å². The van der Waals surface area contributed by atoms with Crippen molar-refractivity contribution in [1.82, 2.24) is 10.6 Å². The second-order valence-electron chi connectivity index (χ2n) is 3.86. The zero-order valence-electron chi connectivity index (χ0n) is 10.8. The number of amides is 2. The first-order valence-corrected chi connectivity index (χ1v) is 6.08. The summed E-state index contributed by atoms with van der Waals surface area (Å²) in [5.41, 5.74) is 0. The van der Waals surface area contributed by atoms with Crippen LogP contribution in [0.5, 0.6) is 5.75 Å². The molecule has 1 aromatic carbocycles. The predicted molar refractivity (Wildman–Crippen MR) is 70.2 cm³/mol. The van der Waals surface area contributed by atoms with Gasteiger partial charge in [-0.25, -0.2) is 9.59 Å². The van der Waals surface area contributed by atoms with Crippen molar-refractivity contribution >= 4 is 12.0 Å². The Labute approximate surface area is 111 Å². The third-order valence-corrected chi connectivity index (χ3v) is 2.41. The number of carbonyl (C=O) groups excluding carboxylic acids is 1. The Balaban J connectivity index is 2.19. The number of benzene rings is 1. The Hall–Kier alpha value is -2.24. The molecule has 0 aliphatic rings. The Morgan fingerprint density at radius 1 is 1.32 bits per heavy atom. The van der Waals surface area contributed by atoms with Crippen molar-refractivity contribution in [1.29, 1.82) is 0 Å². The fourth-order valence-electron chi connectivity index (χ4n) is 1.40. The second kappa shape index (κ2) is 7.97. The maximum atomic E-state index is 11.4. The van der Waals surface area contributed by atoms with Crippen LogP contribution in [0.4, 0.5) is 4.79 Å². The molecule has 19 heavy (non-hydrogen) atoms. The molecule has 1 rings (SSSR count). The average molecular weight is 266 g/mol. The number of rotatable bonds is 7. The normalized spacial score (nSPS) is 11.4. The van der Waals surface area contributed by atoms with Gasteiger partial charge in [0.15, 0.2) is 0 Å². The van der Waals surface area contributed by atoms with Gasteiger partial charge >= 0.3 is 12.0 Å². The van der Waals surface area contributed by atoms with E-state index in [2.05, 4.69) is 10.6 Å². The maximum absolute atomic E-state index is 11.4. The van der Waals surface area contributed by atoms with Crippen LogP contribution >= 0.6 is 0 Å². The standard InChI is InChI=1S/C13H18N2O4/c1-2-11(12(16)17)15-13(18)14-8-9-19-10-6-4-3-5-7-10/h3-7,11H,2,8-9H2,1H3,(H,16,17)(H2,14,15,18). The van der Waals surface area contributed by atoms with E-state index >= 15 is 0 Å². The quantitative estimate of drug-likeness (QED) is 0.648. The summed E-state index contributed by atoms with van der Waals surface area (Å²) in [5, 5.41) is 13.7. The Kier molecular flexibility index (Phi) is 6.21. The van der Waals surface area contributed by atoms with Gasteiger partial charge in [0.2, 0.25) is 0 Å². The minimum Gasteiger partial charge on any atom is -0.492 e. The highest BCUT2D eigenvalue weighted by atomic mass is 16.5. The molecule has 0 radical (unpaired) electrons. The van der Waals surface area contributed by atoms with E-state index in [1.54, 1.807) is 6.92 Å². The highest BCUT2D eigenvalue weighted by molar-refractivity contribution is 5.82. The smallest absolute Gasteiger partial charge is 0.326 e. The second-order valence-corrected chi connectivity index (χ2v) is 3.86. The Morgan fingerprint density at radius 2 is 2.00 bits per heavy atom. The van der Waals surface area contributed by atoms with E-state index in [4.69, 9.17) is 9.84 Å². The zero-order chi connectivity index (χ0) is 14.1. The van der Waals surface area contributed by atoms with Crippen LogP contribution < -0.4 is 15.4 Å². The van der Waals surface area contributed by atoms with Crippen LogP contribution in [0.3, 0.4) is 0 Å². The number of ether oxygens (including phenoxy) is 1. The largest absolute Gasteiger partial charge is 0.492 e. The lowest BCUT2D eigenvalue weighted by atomic mass is 10.2. The molecule has 0 aliphatic carbocycles. The summed E-state index contributed by atoms with van der Waals surface area (Å²) < 4.78 is 5.38. The summed E-state index contributed by atoms with van der Waals surface area (Å²) in [7, 11) is 0. The highest BCUT2D eigenvalue weighted by Gasteiger charge is 2.16. The molecule has 6 nitrogen and oxygen atoms in total. The van der Waals surface area contributed by atoms with Crippen LogP contribution in [0.1, 0.15) is 13.3 Å². The summed E-state index contributed by atoms with van der Waals surface area (Å²) in [6.45, 7) is 2.32. The lowest BCUT2D eigenvalue weighted by Gasteiger charge is -2.13. The first-order chi connectivity index (χ1) is 9.13. The summed E-state index contributed by atoms with van der Waals surface area (Å²) in [4.78, 5) is 22.1. The molecule has 1 unspecified atom stereocenters. The van der Waals surface area contributed by atoms with Gasteiger partial charge in [-0.05, 0) is 18.6 Å². The van der Waals surface area contributed by atoms with Gasteiger partial charge in [0.05, 0.1) is 6.54 Å². The Morgan fingerprint density at radius 3 is 2.58 bits per heavy atom. The molecule has 0 heterocycles. The van der Waals surface area contributed by atoms with Crippen molar-refractivity contribution in [3.63, 3.8) is 0 Å². The van der Waals surface area contributed by atoms with Crippen LogP contribution in [0, 0.1) is 0 Å². The third-order valence-electron chi connectivity index (χ3n) is 2.41. The van der Waals surface area contributed by atoms with Crippen LogP contribution in [0.15, 0.2) is 30.3 Å². The number of nitrogens with one attached hydrogen (secondary N) is 2. The third kappa shape index (κ3) is 5.76. The molecule has 2 amide bonds. The van der Waals surface area contributed by atoms with Crippen LogP contribution in [0.2, 0.25) is 0 Å². The minimum absolute atomic E-state index is 0.302. The molecule has 0 aromatic heterocycles. The summed E-state index contributed by atoms with van der Waals surface area (Å²) in [6.07, 6.45) is 0.337. The first kappa shape index (κ1) is 14.8. The van der Waals surface area contributed by atoms with Crippen molar-refractivity contribution in [2.75, 3.05) is 13.2 Å². The summed E-state index contributed by atoms with van der Waals surface area (Å²) >= 11 is 0. The molecule has 1 atom stereocenters. The van der Waals surface area contributed by atoms with Gasteiger partial charge in [-0.15, -0.1) is 0 Å². The number of hydrogen-bond donors (Lipinski definition) is 3.